The number of rotatable bonds is 1. The van der Waals surface area contributed by atoms with Crippen LogP contribution < -0.4 is 0 Å². The van der Waals surface area contributed by atoms with Gasteiger partial charge < -0.3 is 9.84 Å². The van der Waals surface area contributed by atoms with Crippen molar-refractivity contribution in [1.29, 1.82) is 5.26 Å². The molecule has 0 aromatic heterocycles. The molecule has 1 N–H and O–H groups in total. The SMILES string of the molecule is CC1(C)CCC(C#N)(C2(O)CCCOC2)CC1. The van der Waals surface area contributed by atoms with Crippen LogP contribution in [0.2, 0.25) is 0 Å². The van der Waals surface area contributed by atoms with Gasteiger partial charge in [-0.15, -0.1) is 0 Å². The quantitative estimate of drug-likeness (QED) is 0.762. The molecular weight excluding hydrogens is 214 g/mol. The van der Waals surface area contributed by atoms with Crippen LogP contribution in [0.4, 0.5) is 0 Å². The number of nitriles is 1. The Hall–Kier alpha value is -0.590. The molecule has 1 unspecified atom stereocenters. The molecule has 1 aliphatic heterocycles. The van der Waals surface area contributed by atoms with Crippen LogP contribution in [0.25, 0.3) is 0 Å². The molecule has 3 nitrogen and oxygen atoms in total. The summed E-state index contributed by atoms with van der Waals surface area (Å²) >= 11 is 0. The third-order valence-corrected chi connectivity index (χ3v) is 4.78. The lowest BCUT2D eigenvalue weighted by atomic mass is 9.58. The van der Waals surface area contributed by atoms with E-state index in [2.05, 4.69) is 19.9 Å². The van der Waals surface area contributed by atoms with Crippen molar-refractivity contribution in [2.75, 3.05) is 13.2 Å². The molecule has 1 atom stereocenters. The van der Waals surface area contributed by atoms with Crippen molar-refractivity contribution in [2.24, 2.45) is 10.8 Å². The smallest absolute Gasteiger partial charge is 0.107 e. The van der Waals surface area contributed by atoms with Gasteiger partial charge in [-0.05, 0) is 43.9 Å². The molecule has 1 aliphatic carbocycles. The molecular formula is C14H23NO2. The lowest BCUT2D eigenvalue weighted by Crippen LogP contribution is -2.55. The number of hydrogen-bond acceptors (Lipinski definition) is 3. The van der Waals surface area contributed by atoms with E-state index in [1.54, 1.807) is 0 Å². The number of aliphatic hydroxyl groups is 1. The van der Waals surface area contributed by atoms with Crippen LogP contribution in [0.15, 0.2) is 0 Å². The minimum atomic E-state index is -0.920. The summed E-state index contributed by atoms with van der Waals surface area (Å²) in [6.07, 6.45) is 5.21. The van der Waals surface area contributed by atoms with Gasteiger partial charge in [-0.1, -0.05) is 13.8 Å². The summed E-state index contributed by atoms with van der Waals surface area (Å²) < 4.78 is 5.42. The Morgan fingerprint density at radius 3 is 2.24 bits per heavy atom. The Bertz CT molecular complexity index is 314. The fourth-order valence-electron chi connectivity index (χ4n) is 3.19. The van der Waals surface area contributed by atoms with E-state index in [4.69, 9.17) is 4.74 Å². The lowest BCUT2D eigenvalue weighted by molar-refractivity contribution is -0.158. The van der Waals surface area contributed by atoms with Crippen LogP contribution in [-0.2, 0) is 4.74 Å². The molecule has 2 fully saturated rings. The fraction of sp³-hybridized carbons (Fsp3) is 0.929. The second kappa shape index (κ2) is 4.26. The molecule has 1 saturated carbocycles. The van der Waals surface area contributed by atoms with Gasteiger partial charge >= 0.3 is 0 Å². The lowest BCUT2D eigenvalue weighted by Gasteiger charge is -2.49. The van der Waals surface area contributed by atoms with E-state index in [0.29, 0.717) is 18.4 Å². The maximum Gasteiger partial charge on any atom is 0.107 e. The molecule has 1 heterocycles. The molecule has 3 heteroatoms. The first-order chi connectivity index (χ1) is 7.93. The predicted octanol–water partition coefficient (Wildman–Crippen LogP) is 2.64. The van der Waals surface area contributed by atoms with Crippen molar-refractivity contribution in [2.45, 2.75) is 58.0 Å². The van der Waals surface area contributed by atoms with E-state index in [1.165, 1.54) is 0 Å². The van der Waals surface area contributed by atoms with E-state index in [-0.39, 0.29) is 0 Å². The molecule has 96 valence electrons. The van der Waals surface area contributed by atoms with Crippen LogP contribution in [-0.4, -0.2) is 23.9 Å². The zero-order valence-corrected chi connectivity index (χ0v) is 11.0. The van der Waals surface area contributed by atoms with E-state index in [9.17, 15) is 10.4 Å². The number of ether oxygens (including phenoxy) is 1. The first kappa shape index (κ1) is 12.9. The van der Waals surface area contributed by atoms with Gasteiger partial charge in [-0.25, -0.2) is 0 Å². The number of nitrogens with zero attached hydrogens (tertiary/aromatic N) is 1. The summed E-state index contributed by atoms with van der Waals surface area (Å²) in [6.45, 7) is 5.54. The summed E-state index contributed by atoms with van der Waals surface area (Å²) in [6, 6.07) is 2.44. The fourth-order valence-corrected chi connectivity index (χ4v) is 3.19. The van der Waals surface area contributed by atoms with E-state index >= 15 is 0 Å². The molecule has 17 heavy (non-hydrogen) atoms. The summed E-state index contributed by atoms with van der Waals surface area (Å²) in [4.78, 5) is 0. The second-order valence-corrected chi connectivity index (χ2v) is 6.55. The maximum absolute atomic E-state index is 10.8. The van der Waals surface area contributed by atoms with Crippen molar-refractivity contribution in [3.05, 3.63) is 0 Å². The zero-order valence-electron chi connectivity index (χ0n) is 11.0. The summed E-state index contributed by atoms with van der Waals surface area (Å²) in [7, 11) is 0. The highest BCUT2D eigenvalue weighted by molar-refractivity contribution is 5.14. The summed E-state index contributed by atoms with van der Waals surface area (Å²) in [5, 5.41) is 20.3. The van der Waals surface area contributed by atoms with Gasteiger partial charge in [0.05, 0.1) is 18.1 Å². The van der Waals surface area contributed by atoms with Gasteiger partial charge in [0, 0.05) is 6.61 Å². The minimum Gasteiger partial charge on any atom is -0.386 e. The van der Waals surface area contributed by atoms with Crippen LogP contribution in [0.5, 0.6) is 0 Å². The Labute approximate surface area is 104 Å². The van der Waals surface area contributed by atoms with Crippen LogP contribution in [0.1, 0.15) is 52.4 Å². The van der Waals surface area contributed by atoms with Crippen molar-refractivity contribution in [3.8, 4) is 6.07 Å². The topological polar surface area (TPSA) is 53.2 Å². The van der Waals surface area contributed by atoms with Crippen LogP contribution in [0.3, 0.4) is 0 Å². The Morgan fingerprint density at radius 1 is 1.12 bits per heavy atom. The average Bonchev–Trinajstić information content (AvgIpc) is 2.30. The highest BCUT2D eigenvalue weighted by Gasteiger charge is 2.54. The second-order valence-electron chi connectivity index (χ2n) is 6.55. The molecule has 0 spiro atoms. The Kier molecular flexibility index (Phi) is 3.22. The monoisotopic (exact) mass is 237 g/mol. The van der Waals surface area contributed by atoms with Gasteiger partial charge in [-0.3, -0.25) is 0 Å². The first-order valence-corrected chi connectivity index (χ1v) is 6.65. The van der Waals surface area contributed by atoms with Crippen molar-refractivity contribution < 1.29 is 9.84 Å². The van der Waals surface area contributed by atoms with Crippen LogP contribution in [0, 0.1) is 22.2 Å². The molecule has 2 aliphatic rings. The zero-order chi connectivity index (χ0) is 12.6. The van der Waals surface area contributed by atoms with E-state index < -0.39 is 11.0 Å². The Balaban J connectivity index is 2.18. The molecule has 0 amide bonds. The molecule has 2 rings (SSSR count). The van der Waals surface area contributed by atoms with Gasteiger partial charge in [0.2, 0.25) is 0 Å². The molecule has 0 bridgehead atoms. The molecule has 0 radical (unpaired) electrons. The van der Waals surface area contributed by atoms with Gasteiger partial charge in [0.1, 0.15) is 5.60 Å². The maximum atomic E-state index is 10.8. The third-order valence-electron chi connectivity index (χ3n) is 4.78. The van der Waals surface area contributed by atoms with Gasteiger partial charge in [-0.2, -0.15) is 5.26 Å². The van der Waals surface area contributed by atoms with Gasteiger partial charge in [0.25, 0.3) is 0 Å². The van der Waals surface area contributed by atoms with E-state index in [1.807, 2.05) is 0 Å². The third kappa shape index (κ3) is 2.21. The number of hydrogen-bond donors (Lipinski definition) is 1. The standard InChI is InChI=1S/C14H23NO2/c1-12(2)5-7-13(10-15,8-6-12)14(16)4-3-9-17-11-14/h16H,3-9,11H2,1-2H3. The van der Waals surface area contributed by atoms with Crippen LogP contribution >= 0.6 is 0 Å². The van der Waals surface area contributed by atoms with Crippen molar-refractivity contribution >= 4 is 0 Å². The summed E-state index contributed by atoms with van der Waals surface area (Å²) in [5.41, 5.74) is -1.19. The van der Waals surface area contributed by atoms with Gasteiger partial charge in [0.15, 0.2) is 0 Å². The molecule has 0 aromatic rings. The molecule has 0 aromatic carbocycles. The largest absolute Gasteiger partial charge is 0.386 e. The highest BCUT2D eigenvalue weighted by Crippen LogP contribution is 2.52. The van der Waals surface area contributed by atoms with Crippen molar-refractivity contribution in [1.82, 2.24) is 0 Å². The normalized spacial score (nSPS) is 36.1. The Morgan fingerprint density at radius 2 is 1.76 bits per heavy atom. The van der Waals surface area contributed by atoms with E-state index in [0.717, 1.165) is 38.7 Å². The first-order valence-electron chi connectivity index (χ1n) is 6.65. The molecule has 1 saturated heterocycles. The average molecular weight is 237 g/mol. The minimum absolute atomic E-state index is 0.312. The highest BCUT2D eigenvalue weighted by atomic mass is 16.5. The summed E-state index contributed by atoms with van der Waals surface area (Å²) in [5.74, 6) is 0. The van der Waals surface area contributed by atoms with Crippen molar-refractivity contribution in [3.63, 3.8) is 0 Å². The predicted molar refractivity (Wildman–Crippen MR) is 65.3 cm³/mol.